The molecule has 6 nitrogen and oxygen atoms in total. The highest BCUT2D eigenvalue weighted by atomic mass is 127. The lowest BCUT2D eigenvalue weighted by Gasteiger charge is -2.23. The van der Waals surface area contributed by atoms with E-state index in [0.29, 0.717) is 16.8 Å². The molecule has 1 amide bonds. The van der Waals surface area contributed by atoms with Crippen molar-refractivity contribution in [2.75, 3.05) is 13.2 Å². The normalized spacial score (nSPS) is 16.3. The molecule has 8 heteroatoms. The van der Waals surface area contributed by atoms with E-state index in [1.807, 2.05) is 22.6 Å². The van der Waals surface area contributed by atoms with Crippen LogP contribution < -0.4 is 10.9 Å². The molecule has 19 heavy (non-hydrogen) atoms. The number of aromatic nitrogens is 2. The summed E-state index contributed by atoms with van der Waals surface area (Å²) in [4.78, 5) is 27.6. The summed E-state index contributed by atoms with van der Waals surface area (Å²) in [7, 11) is 0. The fourth-order valence-electron chi connectivity index (χ4n) is 1.83. The number of hydrogen-bond acceptors (Lipinski definition) is 4. The summed E-state index contributed by atoms with van der Waals surface area (Å²) >= 11 is 7.55. The van der Waals surface area contributed by atoms with E-state index >= 15 is 0 Å². The summed E-state index contributed by atoms with van der Waals surface area (Å²) in [5.41, 5.74) is -0.303. The van der Waals surface area contributed by atoms with Gasteiger partial charge < -0.3 is 10.1 Å². The van der Waals surface area contributed by atoms with Crippen LogP contribution in [0.5, 0.6) is 0 Å². The van der Waals surface area contributed by atoms with E-state index in [0.717, 1.165) is 12.8 Å². The lowest BCUT2D eigenvalue weighted by atomic mass is 10.1. The van der Waals surface area contributed by atoms with Crippen LogP contribution >= 0.6 is 34.2 Å². The zero-order valence-corrected chi connectivity index (χ0v) is 13.0. The first-order valence-electron chi connectivity index (χ1n) is 5.85. The highest BCUT2D eigenvalue weighted by Gasteiger charge is 2.17. The van der Waals surface area contributed by atoms with Crippen molar-refractivity contribution >= 4 is 40.1 Å². The van der Waals surface area contributed by atoms with Crippen LogP contribution in [0.1, 0.15) is 12.8 Å². The first-order valence-corrected chi connectivity index (χ1v) is 7.31. The molecule has 0 saturated carbocycles. The molecule has 0 unspecified atom stereocenters. The van der Waals surface area contributed by atoms with Crippen molar-refractivity contribution in [3.05, 3.63) is 25.4 Å². The Labute approximate surface area is 128 Å². The largest absolute Gasteiger partial charge is 0.381 e. The topological polar surface area (TPSA) is 73.2 Å². The first kappa shape index (κ1) is 14.7. The minimum absolute atomic E-state index is 0.0453. The van der Waals surface area contributed by atoms with Gasteiger partial charge in [-0.3, -0.25) is 14.2 Å². The van der Waals surface area contributed by atoms with Gasteiger partial charge in [0.25, 0.3) is 5.56 Å². The molecule has 1 aliphatic heterocycles. The first-order chi connectivity index (χ1) is 9.08. The molecule has 1 aliphatic rings. The predicted octanol–water partition coefficient (Wildman–Crippen LogP) is 0.797. The summed E-state index contributed by atoms with van der Waals surface area (Å²) in [5.74, 6) is -0.200. The zero-order valence-electron chi connectivity index (χ0n) is 10.1. The lowest BCUT2D eigenvalue weighted by Crippen LogP contribution is -2.42. The van der Waals surface area contributed by atoms with Gasteiger partial charge in [0.1, 0.15) is 15.3 Å². The second kappa shape index (κ2) is 6.67. The van der Waals surface area contributed by atoms with E-state index in [9.17, 15) is 9.59 Å². The fourth-order valence-corrected chi connectivity index (χ4v) is 2.40. The average Bonchev–Trinajstić information content (AvgIpc) is 2.41. The van der Waals surface area contributed by atoms with Gasteiger partial charge in [-0.25, -0.2) is 4.98 Å². The van der Waals surface area contributed by atoms with Gasteiger partial charge in [0.05, 0.1) is 6.33 Å². The van der Waals surface area contributed by atoms with E-state index in [-0.39, 0.29) is 29.2 Å². The molecular weight excluding hydrogens is 384 g/mol. The number of rotatable bonds is 3. The molecule has 2 heterocycles. The van der Waals surface area contributed by atoms with Crippen molar-refractivity contribution in [2.45, 2.75) is 25.4 Å². The quantitative estimate of drug-likeness (QED) is 0.605. The standard InChI is InChI=1S/C11H13ClIN3O3/c12-10-9(13)11(18)16(6-14-10)5-8(17)15-7-1-3-19-4-2-7/h6-7H,1-5H2,(H,15,17). The van der Waals surface area contributed by atoms with Gasteiger partial charge in [0, 0.05) is 19.3 Å². The number of carbonyl (C=O) groups excluding carboxylic acids is 1. The van der Waals surface area contributed by atoms with Gasteiger partial charge in [-0.2, -0.15) is 0 Å². The SMILES string of the molecule is O=C(Cn1cnc(Cl)c(I)c1=O)NC1CCOCC1. The van der Waals surface area contributed by atoms with Gasteiger partial charge in [-0.05, 0) is 35.4 Å². The number of amides is 1. The highest BCUT2D eigenvalue weighted by molar-refractivity contribution is 14.1. The second-order valence-electron chi connectivity index (χ2n) is 4.24. The maximum absolute atomic E-state index is 11.9. The van der Waals surface area contributed by atoms with Crippen LogP contribution in [0.15, 0.2) is 11.1 Å². The molecule has 2 rings (SSSR count). The number of nitrogens with zero attached hydrogens (tertiary/aromatic N) is 2. The number of hydrogen-bond donors (Lipinski definition) is 1. The maximum atomic E-state index is 11.9. The Morgan fingerprint density at radius 1 is 1.58 bits per heavy atom. The van der Waals surface area contributed by atoms with Crippen molar-refractivity contribution in [1.29, 1.82) is 0 Å². The van der Waals surface area contributed by atoms with E-state index in [4.69, 9.17) is 16.3 Å². The number of halogens is 2. The van der Waals surface area contributed by atoms with Crippen LogP contribution in [0.4, 0.5) is 0 Å². The summed E-state index contributed by atoms with van der Waals surface area (Å²) in [5, 5.41) is 3.05. The molecule has 0 spiro atoms. The van der Waals surface area contributed by atoms with Crippen LogP contribution in [0.3, 0.4) is 0 Å². The Bertz CT molecular complexity index is 528. The maximum Gasteiger partial charge on any atom is 0.268 e. The van der Waals surface area contributed by atoms with Crippen molar-refractivity contribution in [2.24, 2.45) is 0 Å². The zero-order chi connectivity index (χ0) is 13.8. The number of carbonyl (C=O) groups is 1. The lowest BCUT2D eigenvalue weighted by molar-refractivity contribution is -0.123. The molecule has 0 bridgehead atoms. The average molecular weight is 398 g/mol. The highest BCUT2D eigenvalue weighted by Crippen LogP contribution is 2.09. The number of nitrogens with one attached hydrogen (secondary N) is 1. The second-order valence-corrected chi connectivity index (χ2v) is 5.67. The molecule has 104 valence electrons. The van der Waals surface area contributed by atoms with E-state index in [2.05, 4.69) is 10.3 Å². The third-order valence-electron chi connectivity index (χ3n) is 2.84. The Hall–Kier alpha value is -0.670. The molecule has 1 aromatic heterocycles. The van der Waals surface area contributed by atoms with E-state index < -0.39 is 0 Å². The summed E-state index contributed by atoms with van der Waals surface area (Å²) in [6.07, 6.45) is 2.89. The third-order valence-corrected chi connectivity index (χ3v) is 4.42. The van der Waals surface area contributed by atoms with Crippen LogP contribution in [0.2, 0.25) is 5.15 Å². The Balaban J connectivity index is 1.99. The molecular formula is C11H13ClIN3O3. The van der Waals surface area contributed by atoms with Crippen LogP contribution in [0.25, 0.3) is 0 Å². The fraction of sp³-hybridized carbons (Fsp3) is 0.545. The Morgan fingerprint density at radius 3 is 2.95 bits per heavy atom. The third kappa shape index (κ3) is 3.90. The Kier molecular flexibility index (Phi) is 5.17. The molecule has 1 saturated heterocycles. The molecule has 1 aromatic rings. The summed E-state index contributed by atoms with van der Waals surface area (Å²) < 4.78 is 6.79. The van der Waals surface area contributed by atoms with Gasteiger partial charge >= 0.3 is 0 Å². The van der Waals surface area contributed by atoms with Crippen LogP contribution in [-0.4, -0.2) is 34.7 Å². The molecule has 0 atom stereocenters. The summed E-state index contributed by atoms with van der Waals surface area (Å²) in [6, 6.07) is 0.122. The van der Waals surface area contributed by atoms with Crippen molar-refractivity contribution in [3.63, 3.8) is 0 Å². The molecule has 0 aliphatic carbocycles. The van der Waals surface area contributed by atoms with Gasteiger partial charge in [0.15, 0.2) is 0 Å². The van der Waals surface area contributed by atoms with E-state index in [1.165, 1.54) is 10.9 Å². The minimum Gasteiger partial charge on any atom is -0.381 e. The Morgan fingerprint density at radius 2 is 2.26 bits per heavy atom. The van der Waals surface area contributed by atoms with Crippen molar-refractivity contribution < 1.29 is 9.53 Å². The molecule has 0 aromatic carbocycles. The van der Waals surface area contributed by atoms with E-state index in [1.54, 1.807) is 0 Å². The van der Waals surface area contributed by atoms with Gasteiger partial charge in [0.2, 0.25) is 5.91 Å². The van der Waals surface area contributed by atoms with Crippen LogP contribution in [-0.2, 0) is 16.1 Å². The van der Waals surface area contributed by atoms with Gasteiger partial charge in [-0.1, -0.05) is 11.6 Å². The smallest absolute Gasteiger partial charge is 0.268 e. The molecule has 1 fully saturated rings. The number of ether oxygens (including phenoxy) is 1. The predicted molar refractivity (Wildman–Crippen MR) is 78.2 cm³/mol. The monoisotopic (exact) mass is 397 g/mol. The van der Waals surface area contributed by atoms with Crippen molar-refractivity contribution in [1.82, 2.24) is 14.9 Å². The van der Waals surface area contributed by atoms with Gasteiger partial charge in [-0.15, -0.1) is 0 Å². The van der Waals surface area contributed by atoms with Crippen LogP contribution in [0, 0.1) is 3.57 Å². The van der Waals surface area contributed by atoms with Crippen molar-refractivity contribution in [3.8, 4) is 0 Å². The minimum atomic E-state index is -0.303. The summed E-state index contributed by atoms with van der Waals surface area (Å²) in [6.45, 7) is 1.27. The molecule has 1 N–H and O–H groups in total. The molecule has 0 radical (unpaired) electrons.